The van der Waals surface area contributed by atoms with Gasteiger partial charge in [0.1, 0.15) is 0 Å². The Balaban J connectivity index is 1.62. The molecule has 192 valence electrons. The van der Waals surface area contributed by atoms with E-state index in [1.54, 1.807) is 0 Å². The van der Waals surface area contributed by atoms with Crippen molar-refractivity contribution in [1.29, 1.82) is 0 Å². The van der Waals surface area contributed by atoms with E-state index in [0.29, 0.717) is 30.1 Å². The van der Waals surface area contributed by atoms with E-state index >= 15 is 0 Å². The van der Waals surface area contributed by atoms with E-state index in [4.69, 9.17) is 0 Å². The van der Waals surface area contributed by atoms with Crippen LogP contribution in [0.3, 0.4) is 0 Å². The van der Waals surface area contributed by atoms with Crippen molar-refractivity contribution in [2.75, 3.05) is 0 Å². The van der Waals surface area contributed by atoms with Gasteiger partial charge in [0.2, 0.25) is 0 Å². The molecule has 4 saturated carbocycles. The number of aliphatic hydroxyl groups is 2. The molecule has 0 aromatic heterocycles. The quantitative estimate of drug-likeness (QED) is 0.405. The predicted molar refractivity (Wildman–Crippen MR) is 134 cm³/mol. The van der Waals surface area contributed by atoms with Gasteiger partial charge in [-0.2, -0.15) is 0 Å². The van der Waals surface area contributed by atoms with Crippen molar-refractivity contribution >= 4 is 5.97 Å². The highest BCUT2D eigenvalue weighted by Crippen LogP contribution is 2.75. The van der Waals surface area contributed by atoms with Crippen LogP contribution in [0, 0.1) is 56.7 Å². The SMILES string of the molecule is C[C@H]1[C@H](C)CC[C@]2(C(=O)O)CC[C@]3(C)C(=CC[C@@H]4[C@@]5(C)C[C@@H](O)[C@H](O)C(C)(C)C5CC[C@]43C)[C@H]12. The second kappa shape index (κ2) is 7.34. The molecule has 0 amide bonds. The molecule has 34 heavy (non-hydrogen) atoms. The van der Waals surface area contributed by atoms with Gasteiger partial charge >= 0.3 is 5.97 Å². The smallest absolute Gasteiger partial charge is 0.310 e. The minimum Gasteiger partial charge on any atom is -0.481 e. The molecule has 5 rings (SSSR count). The van der Waals surface area contributed by atoms with E-state index in [2.05, 4.69) is 54.5 Å². The lowest BCUT2D eigenvalue weighted by Crippen LogP contribution is -2.67. The van der Waals surface area contributed by atoms with E-state index in [1.807, 2.05) is 0 Å². The molecular weight excluding hydrogens is 424 g/mol. The van der Waals surface area contributed by atoms with Gasteiger partial charge in [-0.3, -0.25) is 4.79 Å². The predicted octanol–water partition coefficient (Wildman–Crippen LogP) is 6.06. The van der Waals surface area contributed by atoms with Gasteiger partial charge in [0.15, 0.2) is 0 Å². The number of fused-ring (bicyclic) bond motifs is 7. The Hall–Kier alpha value is -0.870. The lowest BCUT2D eigenvalue weighted by Gasteiger charge is -2.71. The molecule has 4 fully saturated rings. The van der Waals surface area contributed by atoms with Crippen LogP contribution in [0.2, 0.25) is 0 Å². The standard InChI is InChI=1S/C30H48O4/c1-17-10-13-30(25(33)34)15-14-28(6)19(23(30)18(17)2)8-9-22-27(5)16-20(31)24(32)26(3,4)21(27)11-12-29(22,28)7/h8,17-18,20-24,31-32H,9-16H2,1-7H3,(H,33,34)/t17-,18+,20-,21?,22-,23+,24+,27+,28-,29-,30+/m1/s1. The molecule has 0 radical (unpaired) electrons. The van der Waals surface area contributed by atoms with Gasteiger partial charge in [0.05, 0.1) is 17.6 Å². The first-order chi connectivity index (χ1) is 15.7. The molecular formula is C30H48O4. The Morgan fingerprint density at radius 1 is 0.941 bits per heavy atom. The Morgan fingerprint density at radius 3 is 2.26 bits per heavy atom. The van der Waals surface area contributed by atoms with Crippen LogP contribution in [0.5, 0.6) is 0 Å². The molecule has 0 aliphatic heterocycles. The van der Waals surface area contributed by atoms with Crippen molar-refractivity contribution < 1.29 is 20.1 Å². The largest absolute Gasteiger partial charge is 0.481 e. The van der Waals surface area contributed by atoms with Crippen LogP contribution >= 0.6 is 0 Å². The number of carboxylic acid groups (broad SMARTS) is 1. The minimum atomic E-state index is -0.679. The highest BCUT2D eigenvalue weighted by Gasteiger charge is 2.70. The first kappa shape index (κ1) is 24.8. The molecule has 4 nitrogen and oxygen atoms in total. The molecule has 5 aliphatic rings. The zero-order chi connectivity index (χ0) is 25.1. The molecule has 3 N–H and O–H groups in total. The van der Waals surface area contributed by atoms with Crippen molar-refractivity contribution in [3.63, 3.8) is 0 Å². The highest BCUT2D eigenvalue weighted by atomic mass is 16.4. The molecule has 0 bridgehead atoms. The zero-order valence-corrected chi connectivity index (χ0v) is 22.5. The van der Waals surface area contributed by atoms with Crippen molar-refractivity contribution in [2.45, 2.75) is 112 Å². The van der Waals surface area contributed by atoms with Crippen molar-refractivity contribution in [3.8, 4) is 0 Å². The first-order valence-electron chi connectivity index (χ1n) is 14.0. The summed E-state index contributed by atoms with van der Waals surface area (Å²) in [4.78, 5) is 12.8. The molecule has 5 aliphatic carbocycles. The third-order valence-corrected chi connectivity index (χ3v) is 13.4. The molecule has 1 unspecified atom stereocenters. The maximum Gasteiger partial charge on any atom is 0.310 e. The molecule has 0 aromatic carbocycles. The lowest BCUT2D eigenvalue weighted by atomic mass is 9.33. The van der Waals surface area contributed by atoms with Gasteiger partial charge in [-0.05, 0) is 103 Å². The number of hydrogen-bond acceptors (Lipinski definition) is 3. The summed E-state index contributed by atoms with van der Waals surface area (Å²) in [6.45, 7) is 16.3. The van der Waals surface area contributed by atoms with Gasteiger partial charge < -0.3 is 15.3 Å². The third-order valence-electron chi connectivity index (χ3n) is 13.4. The summed E-state index contributed by atoms with van der Waals surface area (Å²) in [5.41, 5.74) is 0.574. The van der Waals surface area contributed by atoms with Gasteiger partial charge in [-0.25, -0.2) is 0 Å². The summed E-state index contributed by atoms with van der Waals surface area (Å²) in [6, 6.07) is 0. The van der Waals surface area contributed by atoms with Crippen LogP contribution in [0.25, 0.3) is 0 Å². The molecule has 0 saturated heterocycles. The molecule has 4 heteroatoms. The summed E-state index contributed by atoms with van der Waals surface area (Å²) < 4.78 is 0. The van der Waals surface area contributed by atoms with Crippen LogP contribution in [-0.4, -0.2) is 33.5 Å². The summed E-state index contributed by atoms with van der Waals surface area (Å²) in [5.74, 6) is 1.30. The number of carbonyl (C=O) groups is 1. The van der Waals surface area contributed by atoms with Crippen LogP contribution in [0.1, 0.15) is 99.8 Å². The van der Waals surface area contributed by atoms with Crippen LogP contribution < -0.4 is 0 Å². The fourth-order valence-electron chi connectivity index (χ4n) is 11.0. The van der Waals surface area contributed by atoms with Crippen molar-refractivity contribution in [1.82, 2.24) is 0 Å². The monoisotopic (exact) mass is 472 g/mol. The zero-order valence-electron chi connectivity index (χ0n) is 22.5. The van der Waals surface area contributed by atoms with Crippen molar-refractivity contribution in [2.24, 2.45) is 56.7 Å². The topological polar surface area (TPSA) is 77.8 Å². The molecule has 0 spiro atoms. The fourth-order valence-corrected chi connectivity index (χ4v) is 11.0. The number of allylic oxidation sites excluding steroid dienone is 2. The summed E-state index contributed by atoms with van der Waals surface area (Å²) >= 11 is 0. The van der Waals surface area contributed by atoms with Gasteiger partial charge in [0, 0.05) is 0 Å². The maximum absolute atomic E-state index is 12.8. The van der Waals surface area contributed by atoms with Crippen LogP contribution in [0.4, 0.5) is 0 Å². The average Bonchev–Trinajstić information content (AvgIpc) is 2.75. The average molecular weight is 473 g/mol. The summed E-state index contributed by atoms with van der Waals surface area (Å²) in [7, 11) is 0. The lowest BCUT2D eigenvalue weighted by molar-refractivity contribution is -0.232. The molecule has 0 aromatic rings. The van der Waals surface area contributed by atoms with Crippen LogP contribution in [-0.2, 0) is 4.79 Å². The maximum atomic E-state index is 12.8. The highest BCUT2D eigenvalue weighted by molar-refractivity contribution is 5.76. The summed E-state index contributed by atoms with van der Waals surface area (Å²) in [5, 5.41) is 32.4. The van der Waals surface area contributed by atoms with Gasteiger partial charge in [-0.1, -0.05) is 60.1 Å². The van der Waals surface area contributed by atoms with Gasteiger partial charge in [-0.15, -0.1) is 0 Å². The number of carboxylic acids is 1. The summed E-state index contributed by atoms with van der Waals surface area (Å²) in [6.07, 6.45) is 8.53. The molecule has 11 atom stereocenters. The second-order valence-corrected chi connectivity index (χ2v) is 14.6. The van der Waals surface area contributed by atoms with E-state index in [-0.39, 0.29) is 27.6 Å². The number of aliphatic hydroxyl groups excluding tert-OH is 2. The van der Waals surface area contributed by atoms with Crippen molar-refractivity contribution in [3.05, 3.63) is 11.6 Å². The van der Waals surface area contributed by atoms with E-state index in [0.717, 1.165) is 44.9 Å². The number of rotatable bonds is 1. The Labute approximate surface area is 206 Å². The van der Waals surface area contributed by atoms with Gasteiger partial charge in [0.25, 0.3) is 0 Å². The Kier molecular flexibility index (Phi) is 5.36. The van der Waals surface area contributed by atoms with E-state index in [9.17, 15) is 20.1 Å². The number of hydrogen-bond donors (Lipinski definition) is 3. The Morgan fingerprint density at radius 2 is 1.62 bits per heavy atom. The normalized spacial score (nSPS) is 56.3. The number of aliphatic carboxylic acids is 1. The Bertz CT molecular complexity index is 907. The first-order valence-corrected chi connectivity index (χ1v) is 14.0. The molecule has 0 heterocycles. The van der Waals surface area contributed by atoms with Crippen LogP contribution in [0.15, 0.2) is 11.6 Å². The van der Waals surface area contributed by atoms with E-state index < -0.39 is 23.6 Å². The fraction of sp³-hybridized carbons (Fsp3) is 0.900. The third kappa shape index (κ3) is 2.76. The van der Waals surface area contributed by atoms with E-state index in [1.165, 1.54) is 5.57 Å². The minimum absolute atomic E-state index is 0.00993. The second-order valence-electron chi connectivity index (χ2n) is 14.6.